The Balaban J connectivity index is 1.99. The molecular formula is C15H16N2O6S. The molecule has 128 valence electrons. The molecule has 0 saturated heterocycles. The SMILES string of the molecule is CC(NS(=O)(=O)CC(=O)COc1cccc2cnccc12)C(=O)O. The van der Waals surface area contributed by atoms with Gasteiger partial charge in [0.25, 0.3) is 0 Å². The third kappa shape index (κ3) is 4.74. The van der Waals surface area contributed by atoms with Crippen molar-refractivity contribution in [2.24, 2.45) is 0 Å². The van der Waals surface area contributed by atoms with Gasteiger partial charge in [-0.2, -0.15) is 0 Å². The Morgan fingerprint density at radius 1 is 1.33 bits per heavy atom. The number of ether oxygens (including phenoxy) is 1. The first kappa shape index (κ1) is 17.8. The largest absolute Gasteiger partial charge is 0.485 e. The summed E-state index contributed by atoms with van der Waals surface area (Å²) in [4.78, 5) is 26.5. The lowest BCUT2D eigenvalue weighted by Crippen LogP contribution is -2.41. The maximum Gasteiger partial charge on any atom is 0.321 e. The average Bonchev–Trinajstić information content (AvgIpc) is 2.51. The van der Waals surface area contributed by atoms with Crippen LogP contribution in [0.4, 0.5) is 0 Å². The number of aliphatic carboxylic acids is 1. The second-order valence-electron chi connectivity index (χ2n) is 5.12. The molecule has 1 atom stereocenters. The maximum absolute atomic E-state index is 11.8. The number of carboxylic acid groups (broad SMARTS) is 1. The summed E-state index contributed by atoms with van der Waals surface area (Å²) in [5.41, 5.74) is 0. The van der Waals surface area contributed by atoms with Crippen molar-refractivity contribution in [2.45, 2.75) is 13.0 Å². The number of pyridine rings is 1. The van der Waals surface area contributed by atoms with E-state index >= 15 is 0 Å². The van der Waals surface area contributed by atoms with Gasteiger partial charge in [-0.3, -0.25) is 14.6 Å². The molecule has 2 N–H and O–H groups in total. The Labute approximate surface area is 138 Å². The maximum atomic E-state index is 11.8. The van der Waals surface area contributed by atoms with Crippen LogP contribution in [0.15, 0.2) is 36.7 Å². The van der Waals surface area contributed by atoms with Crippen LogP contribution in [0, 0.1) is 0 Å². The van der Waals surface area contributed by atoms with Gasteiger partial charge in [-0.25, -0.2) is 13.1 Å². The Bertz CT molecular complexity index is 860. The number of ketones is 1. The first-order valence-corrected chi connectivity index (χ1v) is 8.64. The molecule has 0 spiro atoms. The van der Waals surface area contributed by atoms with Crippen molar-refractivity contribution in [3.63, 3.8) is 0 Å². The molecule has 2 rings (SSSR count). The first-order chi connectivity index (χ1) is 11.3. The Morgan fingerprint density at radius 2 is 2.08 bits per heavy atom. The fraction of sp³-hybridized carbons (Fsp3) is 0.267. The normalized spacial score (nSPS) is 12.7. The van der Waals surface area contributed by atoms with Gasteiger partial charge in [-0.15, -0.1) is 0 Å². The topological polar surface area (TPSA) is 123 Å². The van der Waals surface area contributed by atoms with Gasteiger partial charge in [0.15, 0.2) is 5.78 Å². The zero-order chi connectivity index (χ0) is 17.7. The van der Waals surface area contributed by atoms with Crippen LogP contribution in [-0.4, -0.2) is 48.7 Å². The minimum absolute atomic E-state index is 0.438. The lowest BCUT2D eigenvalue weighted by Gasteiger charge is -2.11. The quantitative estimate of drug-likeness (QED) is 0.712. The molecule has 0 aliphatic rings. The van der Waals surface area contributed by atoms with Crippen molar-refractivity contribution < 1.29 is 27.9 Å². The van der Waals surface area contributed by atoms with Gasteiger partial charge < -0.3 is 9.84 Å². The van der Waals surface area contributed by atoms with E-state index in [4.69, 9.17) is 9.84 Å². The smallest absolute Gasteiger partial charge is 0.321 e. The van der Waals surface area contributed by atoms with E-state index in [1.54, 1.807) is 30.6 Å². The van der Waals surface area contributed by atoms with E-state index < -0.39 is 40.2 Å². The fourth-order valence-electron chi connectivity index (χ4n) is 1.99. The zero-order valence-corrected chi connectivity index (χ0v) is 13.6. The molecule has 0 aliphatic heterocycles. The summed E-state index contributed by atoms with van der Waals surface area (Å²) in [7, 11) is -4.04. The van der Waals surface area contributed by atoms with Gasteiger partial charge in [-0.05, 0) is 19.1 Å². The van der Waals surface area contributed by atoms with Crippen LogP contribution in [0.2, 0.25) is 0 Å². The molecule has 9 heteroatoms. The average molecular weight is 352 g/mol. The Kier molecular flexibility index (Phi) is 5.47. The van der Waals surface area contributed by atoms with E-state index in [1.807, 2.05) is 10.8 Å². The standard InChI is InChI=1S/C15H16N2O6S/c1-10(15(19)20)17-24(21,22)9-12(18)8-23-14-4-2-3-11-7-16-6-5-13(11)14/h2-7,10,17H,8-9H2,1H3,(H,19,20). The zero-order valence-electron chi connectivity index (χ0n) is 12.8. The number of carbonyl (C=O) groups is 2. The van der Waals surface area contributed by atoms with Crippen molar-refractivity contribution in [1.29, 1.82) is 0 Å². The fourth-order valence-corrected chi connectivity index (χ4v) is 3.22. The van der Waals surface area contributed by atoms with E-state index in [9.17, 15) is 18.0 Å². The van der Waals surface area contributed by atoms with Crippen molar-refractivity contribution >= 4 is 32.5 Å². The minimum atomic E-state index is -4.04. The highest BCUT2D eigenvalue weighted by molar-refractivity contribution is 7.90. The van der Waals surface area contributed by atoms with E-state index in [2.05, 4.69) is 4.98 Å². The van der Waals surface area contributed by atoms with Crippen LogP contribution in [-0.2, 0) is 19.6 Å². The van der Waals surface area contributed by atoms with E-state index in [1.165, 1.54) is 6.92 Å². The van der Waals surface area contributed by atoms with Crippen LogP contribution >= 0.6 is 0 Å². The van der Waals surface area contributed by atoms with Crippen molar-refractivity contribution in [1.82, 2.24) is 9.71 Å². The van der Waals surface area contributed by atoms with E-state index in [-0.39, 0.29) is 0 Å². The minimum Gasteiger partial charge on any atom is -0.485 e. The molecule has 0 fully saturated rings. The summed E-state index contributed by atoms with van der Waals surface area (Å²) in [5, 5.41) is 10.3. The second-order valence-corrected chi connectivity index (χ2v) is 6.87. The number of sulfonamides is 1. The molecule has 24 heavy (non-hydrogen) atoms. The van der Waals surface area contributed by atoms with Gasteiger partial charge in [0.1, 0.15) is 24.2 Å². The molecule has 1 heterocycles. The van der Waals surface area contributed by atoms with Gasteiger partial charge in [-0.1, -0.05) is 12.1 Å². The van der Waals surface area contributed by atoms with Crippen LogP contribution in [0.25, 0.3) is 10.8 Å². The Morgan fingerprint density at radius 3 is 2.79 bits per heavy atom. The number of hydrogen-bond donors (Lipinski definition) is 2. The van der Waals surface area contributed by atoms with E-state index in [0.29, 0.717) is 5.75 Å². The lowest BCUT2D eigenvalue weighted by atomic mass is 10.1. The number of benzene rings is 1. The highest BCUT2D eigenvalue weighted by Gasteiger charge is 2.22. The number of hydrogen-bond acceptors (Lipinski definition) is 6. The van der Waals surface area contributed by atoms with Crippen LogP contribution in [0.5, 0.6) is 5.75 Å². The highest BCUT2D eigenvalue weighted by Crippen LogP contribution is 2.24. The monoisotopic (exact) mass is 352 g/mol. The number of rotatable bonds is 8. The molecular weight excluding hydrogens is 336 g/mol. The van der Waals surface area contributed by atoms with E-state index in [0.717, 1.165) is 10.8 Å². The summed E-state index contributed by atoms with van der Waals surface area (Å²) in [6.07, 6.45) is 3.23. The van der Waals surface area contributed by atoms with Crippen molar-refractivity contribution in [3.8, 4) is 5.75 Å². The van der Waals surface area contributed by atoms with Crippen LogP contribution in [0.1, 0.15) is 6.92 Å². The summed E-state index contributed by atoms with van der Waals surface area (Å²) in [5.74, 6) is -2.43. The number of carboxylic acids is 1. The molecule has 0 bridgehead atoms. The molecule has 0 aliphatic carbocycles. The first-order valence-electron chi connectivity index (χ1n) is 6.98. The van der Waals surface area contributed by atoms with Crippen LogP contribution < -0.4 is 9.46 Å². The van der Waals surface area contributed by atoms with Gasteiger partial charge in [0.2, 0.25) is 10.0 Å². The van der Waals surface area contributed by atoms with Gasteiger partial charge >= 0.3 is 5.97 Å². The second kappa shape index (κ2) is 7.37. The van der Waals surface area contributed by atoms with Crippen molar-refractivity contribution in [2.75, 3.05) is 12.4 Å². The summed E-state index contributed by atoms with van der Waals surface area (Å²) < 4.78 is 30.7. The van der Waals surface area contributed by atoms with Gasteiger partial charge in [0, 0.05) is 23.2 Å². The lowest BCUT2D eigenvalue weighted by molar-refractivity contribution is -0.138. The number of Topliss-reactive ketones (excluding diaryl/α,β-unsaturated/α-hetero) is 1. The summed E-state index contributed by atoms with van der Waals surface area (Å²) in [6.45, 7) is 0.731. The molecule has 1 aromatic carbocycles. The Hall–Kier alpha value is -2.52. The van der Waals surface area contributed by atoms with Crippen LogP contribution in [0.3, 0.4) is 0 Å². The third-order valence-corrected chi connectivity index (χ3v) is 4.52. The molecule has 0 amide bonds. The molecule has 1 unspecified atom stereocenters. The number of fused-ring (bicyclic) bond motifs is 1. The predicted molar refractivity (Wildman–Crippen MR) is 86.3 cm³/mol. The number of carbonyl (C=O) groups excluding carboxylic acids is 1. The third-order valence-electron chi connectivity index (χ3n) is 3.11. The molecule has 8 nitrogen and oxygen atoms in total. The molecule has 2 aromatic rings. The predicted octanol–water partition coefficient (Wildman–Crippen LogP) is 0.575. The van der Waals surface area contributed by atoms with Gasteiger partial charge in [0.05, 0.1) is 0 Å². The summed E-state index contributed by atoms with van der Waals surface area (Å²) in [6, 6.07) is 5.64. The number of nitrogens with zero attached hydrogens (tertiary/aromatic N) is 1. The number of aromatic nitrogens is 1. The molecule has 1 aromatic heterocycles. The number of nitrogens with one attached hydrogen (secondary N) is 1. The molecule has 0 radical (unpaired) electrons. The molecule has 0 saturated carbocycles. The highest BCUT2D eigenvalue weighted by atomic mass is 32.2. The summed E-state index contributed by atoms with van der Waals surface area (Å²) >= 11 is 0. The van der Waals surface area contributed by atoms with Crippen molar-refractivity contribution in [3.05, 3.63) is 36.7 Å².